The first-order valence-corrected chi connectivity index (χ1v) is 10.9. The van der Waals surface area contributed by atoms with Crippen LogP contribution in [0.5, 0.6) is 0 Å². The van der Waals surface area contributed by atoms with Crippen molar-refractivity contribution in [2.75, 3.05) is 11.9 Å². The Balaban J connectivity index is 1.48. The molecule has 3 N–H and O–H groups in total. The molecule has 3 atom stereocenters. The lowest BCUT2D eigenvalue weighted by Crippen LogP contribution is -2.65. The van der Waals surface area contributed by atoms with Gasteiger partial charge < -0.3 is 15.5 Å². The number of para-hydroxylation sites is 1. The minimum Gasteiger partial charge on any atom is -0.339 e. The summed E-state index contributed by atoms with van der Waals surface area (Å²) in [4.78, 5) is 27.4. The fraction of sp³-hybridized carbons (Fsp3) is 0.391. The summed E-state index contributed by atoms with van der Waals surface area (Å²) >= 11 is 6.00. The third kappa shape index (κ3) is 5.12. The molecule has 2 aliphatic rings. The van der Waals surface area contributed by atoms with Crippen molar-refractivity contribution in [3.8, 4) is 0 Å². The molecule has 1 aliphatic carbocycles. The van der Waals surface area contributed by atoms with Gasteiger partial charge in [0.05, 0.1) is 18.6 Å². The van der Waals surface area contributed by atoms with Crippen molar-refractivity contribution in [1.82, 2.24) is 15.5 Å². The number of carbonyl (C=O) groups excluding carboxylic acids is 2. The highest BCUT2D eigenvalue weighted by atomic mass is 35.5. The van der Waals surface area contributed by atoms with E-state index >= 15 is 0 Å². The minimum absolute atomic E-state index is 0.0397. The molecule has 0 aromatic heterocycles. The maximum atomic E-state index is 13.1. The number of amides is 3. The van der Waals surface area contributed by atoms with E-state index in [9.17, 15) is 9.59 Å². The predicted molar refractivity (Wildman–Crippen MR) is 118 cm³/mol. The van der Waals surface area contributed by atoms with Crippen molar-refractivity contribution in [2.45, 2.75) is 44.4 Å². The fourth-order valence-corrected chi connectivity index (χ4v) is 4.42. The molecular weight excluding hydrogens is 400 g/mol. The van der Waals surface area contributed by atoms with E-state index < -0.39 is 0 Å². The molecule has 1 heterocycles. The van der Waals surface area contributed by atoms with Gasteiger partial charge in [0.1, 0.15) is 0 Å². The second-order valence-electron chi connectivity index (χ2n) is 8.03. The zero-order valence-corrected chi connectivity index (χ0v) is 17.6. The number of nitrogens with one attached hydrogen (secondary N) is 3. The van der Waals surface area contributed by atoms with Crippen molar-refractivity contribution in [1.29, 1.82) is 0 Å². The first-order chi connectivity index (χ1) is 14.6. The number of hydrogen-bond acceptors (Lipinski definition) is 3. The Labute approximate surface area is 182 Å². The molecule has 158 valence electrons. The van der Waals surface area contributed by atoms with Gasteiger partial charge in [0.25, 0.3) is 0 Å². The second kappa shape index (κ2) is 9.49. The van der Waals surface area contributed by atoms with Crippen LogP contribution in [0.25, 0.3) is 0 Å². The third-order valence-electron chi connectivity index (χ3n) is 5.84. The monoisotopic (exact) mass is 426 g/mol. The summed E-state index contributed by atoms with van der Waals surface area (Å²) in [6.07, 6.45) is 3.90. The summed E-state index contributed by atoms with van der Waals surface area (Å²) in [5.74, 6) is 0.135. The van der Waals surface area contributed by atoms with E-state index in [0.717, 1.165) is 36.9 Å². The second-order valence-corrected chi connectivity index (χ2v) is 8.46. The maximum absolute atomic E-state index is 13.1. The highest BCUT2D eigenvalue weighted by Crippen LogP contribution is 2.27. The molecule has 7 heteroatoms. The molecule has 3 unspecified atom stereocenters. The van der Waals surface area contributed by atoms with Gasteiger partial charge in [-0.2, -0.15) is 0 Å². The SMILES string of the molecule is O=C1NC(CN(Cc2ccc(Cl)cc2)C(=O)Nc2ccccc2)NC2CCCCC12. The van der Waals surface area contributed by atoms with Crippen LogP contribution in [0.3, 0.4) is 0 Å². The number of anilines is 1. The Morgan fingerprint density at radius 2 is 1.80 bits per heavy atom. The summed E-state index contributed by atoms with van der Waals surface area (Å²) in [5, 5.41) is 10.2. The molecule has 2 aromatic rings. The van der Waals surface area contributed by atoms with Crippen molar-refractivity contribution in [3.63, 3.8) is 0 Å². The van der Waals surface area contributed by atoms with Gasteiger partial charge >= 0.3 is 6.03 Å². The topological polar surface area (TPSA) is 73.5 Å². The number of carbonyl (C=O) groups is 2. The molecule has 0 radical (unpaired) electrons. The number of benzene rings is 2. The number of rotatable bonds is 5. The number of fused-ring (bicyclic) bond motifs is 1. The van der Waals surface area contributed by atoms with Crippen LogP contribution in [0.2, 0.25) is 5.02 Å². The number of urea groups is 1. The van der Waals surface area contributed by atoms with Crippen molar-refractivity contribution in [3.05, 3.63) is 65.2 Å². The average molecular weight is 427 g/mol. The first kappa shape index (κ1) is 20.7. The van der Waals surface area contributed by atoms with Crippen molar-refractivity contribution < 1.29 is 9.59 Å². The standard InChI is InChI=1S/C23H27ClN4O2/c24-17-12-10-16(11-13-17)14-28(23(30)25-18-6-2-1-3-7-18)15-21-26-20-9-5-4-8-19(20)22(29)27-21/h1-3,6-7,10-13,19-21,26H,4-5,8-9,14-15H2,(H,25,30)(H,27,29). The van der Waals surface area contributed by atoms with Crippen LogP contribution in [0.15, 0.2) is 54.6 Å². The number of halogens is 1. The summed E-state index contributed by atoms with van der Waals surface area (Å²) in [5.41, 5.74) is 1.71. The fourth-order valence-electron chi connectivity index (χ4n) is 4.30. The lowest BCUT2D eigenvalue weighted by Gasteiger charge is -2.41. The van der Waals surface area contributed by atoms with Crippen LogP contribution < -0.4 is 16.0 Å². The quantitative estimate of drug-likeness (QED) is 0.677. The molecule has 30 heavy (non-hydrogen) atoms. The number of nitrogens with zero attached hydrogens (tertiary/aromatic N) is 1. The van der Waals surface area contributed by atoms with Crippen LogP contribution in [0.4, 0.5) is 10.5 Å². The van der Waals surface area contributed by atoms with Gasteiger partial charge in [0.2, 0.25) is 5.91 Å². The molecule has 1 saturated carbocycles. The van der Waals surface area contributed by atoms with E-state index in [-0.39, 0.29) is 30.1 Å². The maximum Gasteiger partial charge on any atom is 0.322 e. The van der Waals surface area contributed by atoms with Crippen molar-refractivity contribution in [2.24, 2.45) is 5.92 Å². The Hall–Kier alpha value is -2.57. The van der Waals surface area contributed by atoms with E-state index in [1.54, 1.807) is 4.90 Å². The zero-order valence-electron chi connectivity index (χ0n) is 16.8. The molecule has 3 amide bonds. The molecule has 1 aliphatic heterocycles. The van der Waals surface area contributed by atoms with E-state index in [4.69, 9.17) is 11.6 Å². The molecule has 4 rings (SSSR count). The highest BCUT2D eigenvalue weighted by Gasteiger charge is 2.38. The van der Waals surface area contributed by atoms with Gasteiger partial charge in [0, 0.05) is 23.3 Å². The summed E-state index contributed by atoms with van der Waals surface area (Å²) in [6, 6.07) is 16.8. The molecule has 6 nitrogen and oxygen atoms in total. The minimum atomic E-state index is -0.273. The Morgan fingerprint density at radius 3 is 2.57 bits per heavy atom. The van der Waals surface area contributed by atoms with E-state index in [1.165, 1.54) is 0 Å². The van der Waals surface area contributed by atoms with Crippen LogP contribution in [-0.4, -0.2) is 35.6 Å². The lowest BCUT2D eigenvalue weighted by molar-refractivity contribution is -0.131. The van der Waals surface area contributed by atoms with E-state index in [1.807, 2.05) is 54.6 Å². The predicted octanol–water partition coefficient (Wildman–Crippen LogP) is 3.98. The lowest BCUT2D eigenvalue weighted by atomic mass is 9.82. The van der Waals surface area contributed by atoms with Gasteiger partial charge in [0.15, 0.2) is 0 Å². The largest absolute Gasteiger partial charge is 0.339 e. The summed E-state index contributed by atoms with van der Waals surface area (Å²) < 4.78 is 0. The third-order valence-corrected chi connectivity index (χ3v) is 6.09. The number of hydrogen-bond donors (Lipinski definition) is 3. The summed E-state index contributed by atoms with van der Waals surface area (Å²) in [7, 11) is 0. The normalized spacial score (nSPS) is 23.2. The van der Waals surface area contributed by atoms with Crippen LogP contribution in [0.1, 0.15) is 31.2 Å². The molecule has 0 spiro atoms. The zero-order chi connectivity index (χ0) is 20.9. The molecular formula is C23H27ClN4O2. The average Bonchev–Trinajstić information content (AvgIpc) is 2.75. The Bertz CT molecular complexity index is 875. The van der Waals surface area contributed by atoms with Gasteiger partial charge in [-0.05, 0) is 42.7 Å². The summed E-state index contributed by atoms with van der Waals surface area (Å²) in [6.45, 7) is 0.786. The van der Waals surface area contributed by atoms with Crippen LogP contribution in [-0.2, 0) is 11.3 Å². The van der Waals surface area contributed by atoms with Crippen LogP contribution >= 0.6 is 11.6 Å². The van der Waals surface area contributed by atoms with Gasteiger partial charge in [-0.3, -0.25) is 10.1 Å². The molecule has 1 saturated heterocycles. The van der Waals surface area contributed by atoms with Gasteiger partial charge in [-0.25, -0.2) is 4.79 Å². The van der Waals surface area contributed by atoms with E-state index in [0.29, 0.717) is 18.1 Å². The van der Waals surface area contributed by atoms with Gasteiger partial charge in [-0.1, -0.05) is 54.8 Å². The van der Waals surface area contributed by atoms with Gasteiger partial charge in [-0.15, -0.1) is 0 Å². The molecule has 0 bridgehead atoms. The molecule has 2 fully saturated rings. The van der Waals surface area contributed by atoms with E-state index in [2.05, 4.69) is 16.0 Å². The first-order valence-electron chi connectivity index (χ1n) is 10.5. The molecule has 2 aromatic carbocycles. The Kier molecular flexibility index (Phi) is 6.55. The van der Waals surface area contributed by atoms with Crippen molar-refractivity contribution >= 4 is 29.2 Å². The Morgan fingerprint density at radius 1 is 1.07 bits per heavy atom. The smallest absolute Gasteiger partial charge is 0.322 e. The van der Waals surface area contributed by atoms with Crippen LogP contribution in [0, 0.1) is 5.92 Å². The highest BCUT2D eigenvalue weighted by molar-refractivity contribution is 6.30.